The molecule has 0 atom stereocenters. The summed E-state index contributed by atoms with van der Waals surface area (Å²) in [4.78, 5) is 12.2. The molecule has 0 aromatic heterocycles. The van der Waals surface area contributed by atoms with Gasteiger partial charge in [-0.2, -0.15) is 0 Å². The molecule has 0 bridgehead atoms. The van der Waals surface area contributed by atoms with Gasteiger partial charge in [0.25, 0.3) is 5.91 Å². The normalized spacial score (nSPS) is 13.6. The van der Waals surface area contributed by atoms with Crippen LogP contribution >= 0.6 is 0 Å². The number of hydrogen-bond acceptors (Lipinski definition) is 2. The van der Waals surface area contributed by atoms with Crippen LogP contribution in [0, 0.1) is 5.82 Å². The second-order valence-corrected chi connectivity index (χ2v) is 4.97. The molecule has 0 radical (unpaired) electrons. The van der Waals surface area contributed by atoms with Crippen LogP contribution in [0.3, 0.4) is 0 Å². The molecule has 2 aromatic carbocycles. The number of allylic oxidation sites excluding steroid dienone is 2. The van der Waals surface area contributed by atoms with Crippen molar-refractivity contribution in [3.63, 3.8) is 0 Å². The van der Waals surface area contributed by atoms with Crippen molar-refractivity contribution in [3.8, 4) is 0 Å². The fourth-order valence-corrected chi connectivity index (χ4v) is 2.85. The first kappa shape index (κ1) is 13.4. The summed E-state index contributed by atoms with van der Waals surface area (Å²) in [6, 6.07) is 4.77. The van der Waals surface area contributed by atoms with E-state index in [2.05, 4.69) is 11.9 Å². The topological polar surface area (TPSA) is 55.1 Å². The maximum absolute atomic E-state index is 14.2. The lowest BCUT2D eigenvalue weighted by molar-refractivity contribution is 0.103. The van der Waals surface area contributed by atoms with Crippen molar-refractivity contribution in [1.82, 2.24) is 0 Å². The molecule has 3 N–H and O–H groups in total. The number of aryl methyl sites for hydroxylation is 1. The molecule has 0 saturated carbocycles. The SMILES string of the molecule is C=C/C=C(\N)c1cc(CC)c2c(F)ccc3c2c1C(=O)N3. The Morgan fingerprint density at radius 1 is 1.43 bits per heavy atom. The molecule has 3 nitrogen and oxygen atoms in total. The minimum Gasteiger partial charge on any atom is -0.398 e. The lowest BCUT2D eigenvalue weighted by Crippen LogP contribution is -2.10. The quantitative estimate of drug-likeness (QED) is 0.845. The molecule has 1 aliphatic heterocycles. The van der Waals surface area contributed by atoms with Gasteiger partial charge in [-0.15, -0.1) is 0 Å². The maximum Gasteiger partial charge on any atom is 0.257 e. The Hall–Kier alpha value is -2.62. The molecular weight excluding hydrogens is 267 g/mol. The largest absolute Gasteiger partial charge is 0.398 e. The Kier molecular flexibility index (Phi) is 3.01. The summed E-state index contributed by atoms with van der Waals surface area (Å²) >= 11 is 0. The maximum atomic E-state index is 14.2. The third-order valence-corrected chi connectivity index (χ3v) is 3.78. The predicted octanol–water partition coefficient (Wildman–Crippen LogP) is 3.59. The van der Waals surface area contributed by atoms with Gasteiger partial charge >= 0.3 is 0 Å². The predicted molar refractivity (Wildman–Crippen MR) is 83.6 cm³/mol. The molecule has 2 aromatic rings. The van der Waals surface area contributed by atoms with E-state index in [-0.39, 0.29) is 11.7 Å². The van der Waals surface area contributed by atoms with Gasteiger partial charge < -0.3 is 11.1 Å². The van der Waals surface area contributed by atoms with Crippen LogP contribution in [0.5, 0.6) is 0 Å². The number of hydrogen-bond donors (Lipinski definition) is 2. The average molecular weight is 282 g/mol. The third-order valence-electron chi connectivity index (χ3n) is 3.78. The van der Waals surface area contributed by atoms with E-state index in [9.17, 15) is 9.18 Å². The Balaban J connectivity index is 2.50. The molecule has 1 aliphatic rings. The number of carbonyl (C=O) groups is 1. The van der Waals surface area contributed by atoms with E-state index in [1.165, 1.54) is 6.07 Å². The van der Waals surface area contributed by atoms with Crippen LogP contribution in [0.1, 0.15) is 28.4 Å². The molecule has 21 heavy (non-hydrogen) atoms. The average Bonchev–Trinajstić information content (AvgIpc) is 2.80. The van der Waals surface area contributed by atoms with Crippen LogP contribution < -0.4 is 11.1 Å². The third kappa shape index (κ3) is 1.83. The molecule has 3 rings (SSSR count). The van der Waals surface area contributed by atoms with Gasteiger partial charge in [-0.1, -0.05) is 19.6 Å². The first-order valence-electron chi connectivity index (χ1n) is 6.76. The summed E-state index contributed by atoms with van der Waals surface area (Å²) in [6.45, 7) is 5.57. The standard InChI is InChI=1S/C17H15FN2O/c1-3-5-12(19)10-8-9(4-2)14-11(18)6-7-13-16(14)15(10)17(21)20-13/h3,5-8H,1,4,19H2,2H3,(H,20,21)/b12-5-. The van der Waals surface area contributed by atoms with Gasteiger partial charge in [0.1, 0.15) is 5.82 Å². The number of anilines is 1. The molecule has 106 valence electrons. The fraction of sp³-hybridized carbons (Fsp3) is 0.118. The Morgan fingerprint density at radius 2 is 2.19 bits per heavy atom. The van der Waals surface area contributed by atoms with Crippen LogP contribution in [0.4, 0.5) is 10.1 Å². The highest BCUT2D eigenvalue weighted by Crippen LogP contribution is 2.40. The van der Waals surface area contributed by atoms with Gasteiger partial charge in [0.2, 0.25) is 0 Å². The van der Waals surface area contributed by atoms with E-state index in [4.69, 9.17) is 5.73 Å². The van der Waals surface area contributed by atoms with Crippen molar-refractivity contribution in [2.45, 2.75) is 13.3 Å². The van der Waals surface area contributed by atoms with Gasteiger partial charge in [-0.05, 0) is 36.3 Å². The molecule has 0 aliphatic carbocycles. The first-order valence-corrected chi connectivity index (χ1v) is 6.76. The molecular formula is C17H15FN2O. The van der Waals surface area contributed by atoms with Gasteiger partial charge in [0, 0.05) is 27.7 Å². The Labute approximate surface area is 121 Å². The van der Waals surface area contributed by atoms with E-state index in [0.29, 0.717) is 39.7 Å². The lowest BCUT2D eigenvalue weighted by Gasteiger charge is -2.12. The molecule has 0 unspecified atom stereocenters. The Bertz CT molecular complexity index is 821. The van der Waals surface area contributed by atoms with Crippen molar-refractivity contribution in [2.24, 2.45) is 5.73 Å². The van der Waals surface area contributed by atoms with E-state index < -0.39 is 0 Å². The number of amides is 1. The second kappa shape index (κ2) is 4.74. The number of nitrogens with two attached hydrogens (primary N) is 1. The molecule has 0 fully saturated rings. The van der Waals surface area contributed by atoms with Crippen LogP contribution in [-0.4, -0.2) is 5.91 Å². The van der Waals surface area contributed by atoms with Gasteiger partial charge in [-0.25, -0.2) is 4.39 Å². The number of benzene rings is 2. The fourth-order valence-electron chi connectivity index (χ4n) is 2.85. The van der Waals surface area contributed by atoms with Crippen molar-refractivity contribution in [3.05, 3.63) is 59.4 Å². The van der Waals surface area contributed by atoms with E-state index in [0.717, 1.165) is 5.56 Å². The summed E-state index contributed by atoms with van der Waals surface area (Å²) < 4.78 is 14.2. The molecule has 1 heterocycles. The van der Waals surface area contributed by atoms with Crippen molar-refractivity contribution in [2.75, 3.05) is 5.32 Å². The molecule has 0 saturated heterocycles. The van der Waals surface area contributed by atoms with Crippen LogP contribution in [0.2, 0.25) is 0 Å². The van der Waals surface area contributed by atoms with E-state index in [1.807, 2.05) is 6.92 Å². The summed E-state index contributed by atoms with van der Waals surface area (Å²) in [5.74, 6) is -0.570. The number of rotatable bonds is 3. The summed E-state index contributed by atoms with van der Waals surface area (Å²) in [6.07, 6.45) is 3.86. The van der Waals surface area contributed by atoms with Gasteiger partial charge in [-0.3, -0.25) is 4.79 Å². The number of nitrogens with one attached hydrogen (secondary N) is 1. The van der Waals surface area contributed by atoms with E-state index in [1.54, 1.807) is 24.3 Å². The zero-order valence-corrected chi connectivity index (χ0v) is 11.7. The second-order valence-electron chi connectivity index (χ2n) is 4.97. The number of carbonyl (C=O) groups excluding carboxylic acids is 1. The number of halogens is 1. The zero-order chi connectivity index (χ0) is 15.1. The highest BCUT2D eigenvalue weighted by atomic mass is 19.1. The lowest BCUT2D eigenvalue weighted by atomic mass is 9.92. The van der Waals surface area contributed by atoms with Crippen molar-refractivity contribution >= 4 is 28.1 Å². The van der Waals surface area contributed by atoms with Gasteiger partial charge in [0.05, 0.1) is 5.56 Å². The highest BCUT2D eigenvalue weighted by molar-refractivity contribution is 6.26. The van der Waals surface area contributed by atoms with Gasteiger partial charge in [0.15, 0.2) is 0 Å². The monoisotopic (exact) mass is 282 g/mol. The minimum absolute atomic E-state index is 0.251. The molecule has 4 heteroatoms. The van der Waals surface area contributed by atoms with Crippen molar-refractivity contribution in [1.29, 1.82) is 0 Å². The summed E-state index contributed by atoms with van der Waals surface area (Å²) in [5.41, 5.74) is 9.01. The van der Waals surface area contributed by atoms with Crippen LogP contribution in [0.15, 0.2) is 36.9 Å². The molecule has 0 spiro atoms. The highest BCUT2D eigenvalue weighted by Gasteiger charge is 2.28. The summed E-state index contributed by atoms with van der Waals surface area (Å²) in [7, 11) is 0. The van der Waals surface area contributed by atoms with E-state index >= 15 is 0 Å². The first-order chi connectivity index (χ1) is 10.1. The summed E-state index contributed by atoms with van der Waals surface area (Å²) in [5, 5.41) is 3.89. The van der Waals surface area contributed by atoms with Crippen molar-refractivity contribution < 1.29 is 9.18 Å². The smallest absolute Gasteiger partial charge is 0.257 e. The van der Waals surface area contributed by atoms with Crippen LogP contribution in [-0.2, 0) is 6.42 Å². The zero-order valence-electron chi connectivity index (χ0n) is 11.7. The Morgan fingerprint density at radius 3 is 2.86 bits per heavy atom. The molecule has 1 amide bonds. The minimum atomic E-state index is -0.318. The van der Waals surface area contributed by atoms with Crippen LogP contribution in [0.25, 0.3) is 16.5 Å².